The van der Waals surface area contributed by atoms with Crippen LogP contribution in [0, 0.1) is 13.8 Å². The van der Waals surface area contributed by atoms with Crippen LogP contribution in [0.5, 0.6) is 0 Å². The maximum atomic E-state index is 13.5. The van der Waals surface area contributed by atoms with Gasteiger partial charge in [-0.3, -0.25) is 19.2 Å². The predicted molar refractivity (Wildman–Crippen MR) is 213 cm³/mol. The number of carbonyl (C=O) groups excluding carboxylic acids is 4. The minimum atomic E-state index is -0.331. The van der Waals surface area contributed by atoms with Gasteiger partial charge in [0, 0.05) is 0 Å². The minimum Gasteiger partial charge on any atom is -0.268 e. The number of fused-ring (bicyclic) bond motifs is 2. The topological polar surface area (TPSA) is 74.8 Å². The number of nitrogens with zero attached hydrogens (tertiary/aromatic N) is 2. The number of aryl methyl sites for hydroxylation is 2. The van der Waals surface area contributed by atoms with Gasteiger partial charge in [0.15, 0.2) is 0 Å². The van der Waals surface area contributed by atoms with Gasteiger partial charge in [0.05, 0.1) is 33.6 Å². The number of anilines is 2. The summed E-state index contributed by atoms with van der Waals surface area (Å²) in [6.45, 7) is 4.05. The van der Waals surface area contributed by atoms with Crippen LogP contribution in [0.4, 0.5) is 11.4 Å². The van der Waals surface area contributed by atoms with Gasteiger partial charge in [-0.1, -0.05) is 120 Å². The van der Waals surface area contributed by atoms with Crippen molar-refractivity contribution in [2.45, 2.75) is 13.8 Å². The predicted octanol–water partition coefficient (Wildman–Crippen LogP) is 10.6. The lowest BCUT2D eigenvalue weighted by atomic mass is 9.99. The molecule has 0 bridgehead atoms. The average Bonchev–Trinajstić information content (AvgIpc) is 3.61. The molecule has 0 aliphatic carbocycles. The highest BCUT2D eigenvalue weighted by molar-refractivity contribution is 6.35. The molecule has 6 nitrogen and oxygen atoms in total. The molecule has 0 atom stereocenters. The molecule has 2 heterocycles. The van der Waals surface area contributed by atoms with Crippen LogP contribution >= 0.6 is 0 Å². The molecule has 4 amide bonds. The molecule has 0 unspecified atom stereocenters. The summed E-state index contributed by atoms with van der Waals surface area (Å²) in [5, 5.41) is 0. The van der Waals surface area contributed by atoms with E-state index < -0.39 is 0 Å². The van der Waals surface area contributed by atoms with Crippen molar-refractivity contribution in [3.05, 3.63) is 191 Å². The van der Waals surface area contributed by atoms with Crippen LogP contribution < -0.4 is 9.80 Å². The number of rotatable bonds is 6. The van der Waals surface area contributed by atoms with E-state index in [0.29, 0.717) is 33.6 Å². The first kappa shape index (κ1) is 32.7. The Bertz CT molecular complexity index is 2470. The Balaban J connectivity index is 0.893. The fourth-order valence-corrected chi connectivity index (χ4v) is 7.26. The van der Waals surface area contributed by atoms with Crippen LogP contribution in [-0.2, 0) is 0 Å². The van der Waals surface area contributed by atoms with E-state index in [1.54, 1.807) is 48.5 Å². The molecule has 0 radical (unpaired) electrons. The standard InChI is InChI=1S/C48H32N2O4/c1-29-3-7-35(8-4-29)37-19-25-41-43(27-37)47(53)49(45(41)51)39-21-15-33(16-22-39)31-11-13-32(14-12-31)34-17-23-40(24-18-34)50-46(52)42-26-20-38(28-44(42)48(50)54)36-9-5-30(2)6-10-36/h3-28H,1-2H3. The van der Waals surface area contributed by atoms with Gasteiger partial charge in [0.2, 0.25) is 0 Å². The Kier molecular flexibility index (Phi) is 7.75. The van der Waals surface area contributed by atoms with E-state index in [0.717, 1.165) is 55.6 Å². The molecule has 0 spiro atoms. The number of amides is 4. The maximum absolute atomic E-state index is 13.5. The van der Waals surface area contributed by atoms with Gasteiger partial charge < -0.3 is 0 Å². The molecule has 2 aliphatic rings. The normalized spacial score (nSPS) is 13.4. The molecule has 0 N–H and O–H groups in total. The second-order valence-corrected chi connectivity index (χ2v) is 13.8. The zero-order chi connectivity index (χ0) is 37.1. The third kappa shape index (κ3) is 5.52. The first-order valence-electron chi connectivity index (χ1n) is 17.7. The van der Waals surface area contributed by atoms with Crippen LogP contribution in [0.15, 0.2) is 158 Å². The Morgan fingerprint density at radius 3 is 0.852 bits per heavy atom. The molecular weight excluding hydrogens is 669 g/mol. The molecule has 2 aliphatic heterocycles. The highest BCUT2D eigenvalue weighted by Crippen LogP contribution is 2.35. The summed E-state index contributed by atoms with van der Waals surface area (Å²) in [5.74, 6) is -1.32. The van der Waals surface area contributed by atoms with Crippen molar-refractivity contribution < 1.29 is 19.2 Å². The lowest BCUT2D eigenvalue weighted by Gasteiger charge is -2.15. The summed E-state index contributed by atoms with van der Waals surface area (Å²) >= 11 is 0. The lowest BCUT2D eigenvalue weighted by molar-refractivity contribution is 0.0910. The van der Waals surface area contributed by atoms with Crippen LogP contribution in [0.2, 0.25) is 0 Å². The number of carbonyl (C=O) groups is 4. The molecule has 0 saturated carbocycles. The summed E-state index contributed by atoms with van der Waals surface area (Å²) in [6.07, 6.45) is 0. The van der Waals surface area contributed by atoms with Gasteiger partial charge in [-0.25, -0.2) is 9.80 Å². The first-order valence-corrected chi connectivity index (χ1v) is 17.7. The summed E-state index contributed by atoms with van der Waals surface area (Å²) in [7, 11) is 0. The average molecular weight is 701 g/mol. The highest BCUT2D eigenvalue weighted by Gasteiger charge is 2.38. The van der Waals surface area contributed by atoms with E-state index in [1.807, 2.05) is 123 Å². The molecule has 7 aromatic rings. The van der Waals surface area contributed by atoms with Crippen molar-refractivity contribution in [1.82, 2.24) is 0 Å². The highest BCUT2D eigenvalue weighted by atomic mass is 16.2. The summed E-state index contributed by atoms with van der Waals surface area (Å²) in [4.78, 5) is 56.2. The second kappa shape index (κ2) is 12.8. The van der Waals surface area contributed by atoms with E-state index in [1.165, 1.54) is 9.80 Å². The minimum absolute atomic E-state index is 0.330. The largest absolute Gasteiger partial charge is 0.268 e. The monoisotopic (exact) mass is 700 g/mol. The van der Waals surface area contributed by atoms with Gasteiger partial charge >= 0.3 is 0 Å². The van der Waals surface area contributed by atoms with E-state index in [2.05, 4.69) is 0 Å². The number of hydrogen-bond acceptors (Lipinski definition) is 4. The molecule has 6 heteroatoms. The molecule has 0 fully saturated rings. The quantitative estimate of drug-likeness (QED) is 0.162. The van der Waals surface area contributed by atoms with Gasteiger partial charge in [-0.2, -0.15) is 0 Å². The fourth-order valence-electron chi connectivity index (χ4n) is 7.26. The molecule has 7 aromatic carbocycles. The third-order valence-electron chi connectivity index (χ3n) is 10.3. The molecule has 0 saturated heterocycles. The maximum Gasteiger partial charge on any atom is 0.266 e. The van der Waals surface area contributed by atoms with Crippen molar-refractivity contribution >= 4 is 35.0 Å². The molecular formula is C48H32N2O4. The van der Waals surface area contributed by atoms with Gasteiger partial charge in [0.1, 0.15) is 0 Å². The number of benzene rings is 7. The van der Waals surface area contributed by atoms with Crippen LogP contribution in [0.3, 0.4) is 0 Å². The molecule has 258 valence electrons. The van der Waals surface area contributed by atoms with Crippen molar-refractivity contribution in [3.8, 4) is 44.5 Å². The molecule has 0 aromatic heterocycles. The Hall–Kier alpha value is -7.18. The lowest BCUT2D eigenvalue weighted by Crippen LogP contribution is -2.29. The number of hydrogen-bond donors (Lipinski definition) is 0. The number of imide groups is 2. The SMILES string of the molecule is Cc1ccc(-c2ccc3c(c2)C(=O)N(c2ccc(-c4ccc(-c5ccc(N6C(=O)c7ccc(-c8ccc(C)cc8)cc7C6=O)cc5)cc4)cc2)C3=O)cc1. The van der Waals surface area contributed by atoms with Crippen LogP contribution in [0.1, 0.15) is 52.6 Å². The van der Waals surface area contributed by atoms with Crippen molar-refractivity contribution in [2.75, 3.05) is 9.80 Å². The van der Waals surface area contributed by atoms with Gasteiger partial charge in [0.25, 0.3) is 23.6 Å². The Labute approximate surface area is 312 Å². The molecule has 54 heavy (non-hydrogen) atoms. The van der Waals surface area contributed by atoms with E-state index in [9.17, 15) is 19.2 Å². The van der Waals surface area contributed by atoms with E-state index in [-0.39, 0.29) is 23.6 Å². The Morgan fingerprint density at radius 1 is 0.278 bits per heavy atom. The van der Waals surface area contributed by atoms with Crippen molar-refractivity contribution in [2.24, 2.45) is 0 Å². The second-order valence-electron chi connectivity index (χ2n) is 13.8. The van der Waals surface area contributed by atoms with Crippen molar-refractivity contribution in [3.63, 3.8) is 0 Å². The summed E-state index contributed by atoms with van der Waals surface area (Å²) < 4.78 is 0. The molecule has 9 rings (SSSR count). The Morgan fingerprint density at radius 2 is 0.519 bits per heavy atom. The van der Waals surface area contributed by atoms with E-state index >= 15 is 0 Å². The smallest absolute Gasteiger partial charge is 0.266 e. The van der Waals surface area contributed by atoms with Gasteiger partial charge in [-0.15, -0.1) is 0 Å². The van der Waals surface area contributed by atoms with Crippen molar-refractivity contribution in [1.29, 1.82) is 0 Å². The zero-order valence-corrected chi connectivity index (χ0v) is 29.5. The summed E-state index contributed by atoms with van der Waals surface area (Å²) in [5.41, 5.74) is 12.5. The fraction of sp³-hybridized carbons (Fsp3) is 0.0417. The zero-order valence-electron chi connectivity index (χ0n) is 29.5. The first-order chi connectivity index (χ1) is 26.2. The van der Waals surface area contributed by atoms with Gasteiger partial charge in [-0.05, 0) is 107 Å². The third-order valence-corrected chi connectivity index (χ3v) is 10.3. The van der Waals surface area contributed by atoms with E-state index in [4.69, 9.17) is 0 Å². The van der Waals surface area contributed by atoms with Crippen LogP contribution in [-0.4, -0.2) is 23.6 Å². The summed E-state index contributed by atoms with van der Waals surface area (Å²) in [6, 6.07) is 49.9. The van der Waals surface area contributed by atoms with Crippen LogP contribution in [0.25, 0.3) is 44.5 Å².